The van der Waals surface area contributed by atoms with Gasteiger partial charge < -0.3 is 14.8 Å². The predicted octanol–water partition coefficient (Wildman–Crippen LogP) is 3.26. The number of carbonyl (C=O) groups is 2. The summed E-state index contributed by atoms with van der Waals surface area (Å²) >= 11 is 0. The van der Waals surface area contributed by atoms with Gasteiger partial charge in [0.05, 0.1) is 12.0 Å². The zero-order valence-corrected chi connectivity index (χ0v) is 16.1. The van der Waals surface area contributed by atoms with Gasteiger partial charge in [0.25, 0.3) is 0 Å². The van der Waals surface area contributed by atoms with Crippen LogP contribution in [0, 0.1) is 19.8 Å². The highest BCUT2D eigenvalue weighted by Crippen LogP contribution is 2.30. The standard InChI is InChI=1S/C22H22N4O2/c1-14-15(2)26(13-23-14)18-10-8-17(9-11-18)24-21(27)19-12-16-6-4-5-7-20(16)25(3)22(19)28/h4-11,13,19H,12H2,1-3H3,(H,24,27). The summed E-state index contributed by atoms with van der Waals surface area (Å²) < 4.78 is 2.00. The van der Waals surface area contributed by atoms with Crippen molar-refractivity contribution < 1.29 is 9.59 Å². The minimum Gasteiger partial charge on any atom is -0.325 e. The number of carbonyl (C=O) groups excluding carboxylic acids is 2. The molecule has 28 heavy (non-hydrogen) atoms. The Kier molecular flexibility index (Phi) is 4.47. The molecule has 0 fully saturated rings. The summed E-state index contributed by atoms with van der Waals surface area (Å²) in [4.78, 5) is 31.3. The van der Waals surface area contributed by atoms with Crippen LogP contribution in [0.25, 0.3) is 5.69 Å². The molecule has 1 atom stereocenters. The van der Waals surface area contributed by atoms with Gasteiger partial charge in [-0.1, -0.05) is 18.2 Å². The molecule has 1 unspecified atom stereocenters. The molecule has 3 aromatic rings. The van der Waals surface area contributed by atoms with Crippen molar-refractivity contribution in [1.82, 2.24) is 9.55 Å². The lowest BCUT2D eigenvalue weighted by Crippen LogP contribution is -2.44. The predicted molar refractivity (Wildman–Crippen MR) is 109 cm³/mol. The van der Waals surface area contributed by atoms with Gasteiger partial charge in [-0.15, -0.1) is 0 Å². The smallest absolute Gasteiger partial charge is 0.239 e. The number of hydrogen-bond acceptors (Lipinski definition) is 3. The maximum atomic E-state index is 12.8. The first kappa shape index (κ1) is 18.0. The molecule has 6 nitrogen and oxygen atoms in total. The van der Waals surface area contributed by atoms with Gasteiger partial charge >= 0.3 is 0 Å². The molecule has 142 valence electrons. The second kappa shape index (κ2) is 6.96. The van der Waals surface area contributed by atoms with E-state index in [1.807, 2.05) is 66.9 Å². The molecule has 0 radical (unpaired) electrons. The molecule has 0 aliphatic carbocycles. The minimum atomic E-state index is -0.724. The number of fused-ring (bicyclic) bond motifs is 1. The average Bonchev–Trinajstić information content (AvgIpc) is 3.04. The number of rotatable bonds is 3. The highest BCUT2D eigenvalue weighted by Gasteiger charge is 2.35. The van der Waals surface area contributed by atoms with Crippen molar-refractivity contribution in [2.45, 2.75) is 20.3 Å². The number of imidazole rings is 1. The molecule has 6 heteroatoms. The third-order valence-corrected chi connectivity index (χ3v) is 5.39. The molecule has 2 heterocycles. The minimum absolute atomic E-state index is 0.183. The number of hydrogen-bond donors (Lipinski definition) is 1. The zero-order chi connectivity index (χ0) is 19.8. The highest BCUT2D eigenvalue weighted by atomic mass is 16.2. The monoisotopic (exact) mass is 374 g/mol. The topological polar surface area (TPSA) is 67.2 Å². The number of amides is 2. The van der Waals surface area contributed by atoms with Crippen molar-refractivity contribution in [3.63, 3.8) is 0 Å². The van der Waals surface area contributed by atoms with E-state index >= 15 is 0 Å². The van der Waals surface area contributed by atoms with Crippen LogP contribution in [-0.4, -0.2) is 28.4 Å². The fourth-order valence-corrected chi connectivity index (χ4v) is 3.57. The molecular formula is C22H22N4O2. The van der Waals surface area contributed by atoms with E-state index in [4.69, 9.17) is 0 Å². The lowest BCUT2D eigenvalue weighted by atomic mass is 9.91. The van der Waals surface area contributed by atoms with Crippen LogP contribution in [0.1, 0.15) is 17.0 Å². The second-order valence-electron chi connectivity index (χ2n) is 7.10. The van der Waals surface area contributed by atoms with Gasteiger partial charge in [-0.05, 0) is 56.2 Å². The fourth-order valence-electron chi connectivity index (χ4n) is 3.57. The molecular weight excluding hydrogens is 352 g/mol. The Morgan fingerprint density at radius 1 is 1.11 bits per heavy atom. The van der Waals surface area contributed by atoms with Gasteiger partial charge in [-0.2, -0.15) is 0 Å². The molecule has 0 spiro atoms. The van der Waals surface area contributed by atoms with Gasteiger partial charge in [-0.3, -0.25) is 9.59 Å². The summed E-state index contributed by atoms with van der Waals surface area (Å²) in [7, 11) is 1.71. The molecule has 1 aromatic heterocycles. The van der Waals surface area contributed by atoms with Crippen molar-refractivity contribution >= 4 is 23.2 Å². The summed E-state index contributed by atoms with van der Waals surface area (Å²) in [6.45, 7) is 3.98. The summed E-state index contributed by atoms with van der Waals surface area (Å²) in [5.74, 6) is -1.19. The average molecular weight is 374 g/mol. The Bertz CT molecular complexity index is 1050. The molecule has 2 amide bonds. The van der Waals surface area contributed by atoms with Crippen LogP contribution in [0.15, 0.2) is 54.9 Å². The molecule has 0 bridgehead atoms. The molecule has 1 aliphatic rings. The van der Waals surface area contributed by atoms with Crippen LogP contribution in [-0.2, 0) is 16.0 Å². The zero-order valence-electron chi connectivity index (χ0n) is 16.1. The van der Waals surface area contributed by atoms with E-state index in [-0.39, 0.29) is 11.8 Å². The lowest BCUT2D eigenvalue weighted by Gasteiger charge is -2.30. The summed E-state index contributed by atoms with van der Waals surface area (Å²) in [5.41, 5.74) is 5.57. The van der Waals surface area contributed by atoms with Crippen LogP contribution in [0.4, 0.5) is 11.4 Å². The van der Waals surface area contributed by atoms with Gasteiger partial charge in [0.1, 0.15) is 5.92 Å². The molecule has 1 N–H and O–H groups in total. The summed E-state index contributed by atoms with van der Waals surface area (Å²) in [5, 5.41) is 2.88. The molecule has 2 aromatic carbocycles. The van der Waals surface area contributed by atoms with Crippen molar-refractivity contribution in [1.29, 1.82) is 0 Å². The van der Waals surface area contributed by atoms with E-state index in [1.165, 1.54) is 0 Å². The summed E-state index contributed by atoms with van der Waals surface area (Å²) in [6, 6.07) is 15.2. The first-order chi connectivity index (χ1) is 13.5. The van der Waals surface area contributed by atoms with E-state index < -0.39 is 5.92 Å². The van der Waals surface area contributed by atoms with Crippen LogP contribution in [0.5, 0.6) is 0 Å². The van der Waals surface area contributed by atoms with Crippen molar-refractivity contribution in [2.75, 3.05) is 17.3 Å². The van der Waals surface area contributed by atoms with Gasteiger partial charge in [0.2, 0.25) is 11.8 Å². The van der Waals surface area contributed by atoms with E-state index in [0.717, 1.165) is 28.3 Å². The van der Waals surface area contributed by atoms with E-state index in [9.17, 15) is 9.59 Å². The Hall–Kier alpha value is -3.41. The maximum absolute atomic E-state index is 12.8. The normalized spacial score (nSPS) is 16.0. The molecule has 0 saturated heterocycles. The van der Waals surface area contributed by atoms with E-state index in [0.29, 0.717) is 12.1 Å². The number of para-hydroxylation sites is 1. The van der Waals surface area contributed by atoms with Gasteiger partial charge in [-0.25, -0.2) is 4.98 Å². The largest absolute Gasteiger partial charge is 0.325 e. The Morgan fingerprint density at radius 3 is 2.50 bits per heavy atom. The Labute approximate surface area is 163 Å². The number of aromatic nitrogens is 2. The fraction of sp³-hybridized carbons (Fsp3) is 0.227. The lowest BCUT2D eigenvalue weighted by molar-refractivity contribution is -0.131. The third-order valence-electron chi connectivity index (χ3n) is 5.39. The van der Waals surface area contributed by atoms with Gasteiger partial charge in [0, 0.05) is 29.8 Å². The second-order valence-corrected chi connectivity index (χ2v) is 7.10. The van der Waals surface area contributed by atoms with Crippen molar-refractivity contribution in [3.8, 4) is 5.69 Å². The van der Waals surface area contributed by atoms with Crippen LogP contribution in [0.3, 0.4) is 0 Å². The van der Waals surface area contributed by atoms with Crippen molar-refractivity contribution in [3.05, 3.63) is 71.8 Å². The van der Waals surface area contributed by atoms with Crippen LogP contribution < -0.4 is 10.2 Å². The maximum Gasteiger partial charge on any atom is 0.239 e. The quantitative estimate of drug-likeness (QED) is 0.716. The van der Waals surface area contributed by atoms with Crippen LogP contribution >= 0.6 is 0 Å². The van der Waals surface area contributed by atoms with Crippen molar-refractivity contribution in [2.24, 2.45) is 5.92 Å². The number of benzene rings is 2. The van der Waals surface area contributed by atoms with Crippen LogP contribution in [0.2, 0.25) is 0 Å². The number of anilines is 2. The SMILES string of the molecule is Cc1ncn(-c2ccc(NC(=O)C3Cc4ccccc4N(C)C3=O)cc2)c1C. The highest BCUT2D eigenvalue weighted by molar-refractivity contribution is 6.13. The number of nitrogens with one attached hydrogen (secondary N) is 1. The number of nitrogens with zero attached hydrogens (tertiary/aromatic N) is 3. The summed E-state index contributed by atoms with van der Waals surface area (Å²) in [6.07, 6.45) is 2.20. The third kappa shape index (κ3) is 3.07. The van der Waals surface area contributed by atoms with E-state index in [1.54, 1.807) is 18.3 Å². The first-order valence-electron chi connectivity index (χ1n) is 9.23. The first-order valence-corrected chi connectivity index (χ1v) is 9.23. The van der Waals surface area contributed by atoms with E-state index in [2.05, 4.69) is 10.3 Å². The van der Waals surface area contributed by atoms with Gasteiger partial charge in [0.15, 0.2) is 0 Å². The molecule has 1 aliphatic heterocycles. The number of aryl methyl sites for hydroxylation is 1. The molecule has 4 rings (SSSR count). The Morgan fingerprint density at radius 2 is 1.82 bits per heavy atom. The Balaban J connectivity index is 1.51. The molecule has 0 saturated carbocycles.